The summed E-state index contributed by atoms with van der Waals surface area (Å²) in [4.78, 5) is 19.6. The zero-order chi connectivity index (χ0) is 13.7. The maximum Gasteiger partial charge on any atom is 0.251 e. The van der Waals surface area contributed by atoms with Gasteiger partial charge in [0.1, 0.15) is 0 Å². The molecule has 18 heavy (non-hydrogen) atoms. The van der Waals surface area contributed by atoms with E-state index in [0.29, 0.717) is 6.42 Å². The van der Waals surface area contributed by atoms with Crippen LogP contribution in [0.3, 0.4) is 0 Å². The lowest BCUT2D eigenvalue weighted by atomic mass is 10.0. The molecule has 0 saturated heterocycles. The molecule has 0 N–H and O–H groups in total. The molecule has 4 heteroatoms. The summed E-state index contributed by atoms with van der Waals surface area (Å²) in [6.45, 7) is 5.92. The third-order valence-electron chi connectivity index (χ3n) is 2.89. The summed E-state index contributed by atoms with van der Waals surface area (Å²) in [5.41, 5.74) is 0. The molecule has 0 aliphatic rings. The highest BCUT2D eigenvalue weighted by Gasteiger charge is 2.30. The summed E-state index contributed by atoms with van der Waals surface area (Å²) in [6, 6.07) is 0. The van der Waals surface area contributed by atoms with Gasteiger partial charge >= 0.3 is 0 Å². The van der Waals surface area contributed by atoms with Gasteiger partial charge in [0.05, 0.1) is 14.2 Å². The van der Waals surface area contributed by atoms with Gasteiger partial charge in [0, 0.05) is 6.42 Å². The van der Waals surface area contributed by atoms with Crippen molar-refractivity contribution >= 4 is 0 Å². The second-order valence-corrected chi connectivity index (χ2v) is 4.39. The monoisotopic (exact) mass is 260 g/mol. The predicted molar refractivity (Wildman–Crippen MR) is 71.7 cm³/mol. The number of unbranched alkanes of at least 4 members (excludes halogenated alkanes) is 6. The maximum atomic E-state index is 5.10. The molecule has 0 aliphatic carbocycles. The van der Waals surface area contributed by atoms with E-state index in [9.17, 15) is 0 Å². The highest BCUT2D eigenvalue weighted by atomic mass is 17.3. The van der Waals surface area contributed by atoms with E-state index in [1.165, 1.54) is 46.3 Å². The lowest BCUT2D eigenvalue weighted by Gasteiger charge is -2.26. The van der Waals surface area contributed by atoms with Gasteiger partial charge in [-0.25, -0.2) is 9.78 Å². The average Bonchev–Trinajstić information content (AvgIpc) is 2.38. The Kier molecular flexibility index (Phi) is 11.4. The quantitative estimate of drug-likeness (QED) is 0.164. The Hall–Kier alpha value is -0.420. The van der Waals surface area contributed by atoms with E-state index in [2.05, 4.69) is 23.3 Å². The van der Waals surface area contributed by atoms with Gasteiger partial charge in [0.25, 0.3) is 5.79 Å². The van der Waals surface area contributed by atoms with E-state index < -0.39 is 5.79 Å². The predicted octanol–water partition coefficient (Wildman–Crippen LogP) is 4.17. The topological polar surface area (TPSA) is 36.9 Å². The molecule has 0 aromatic heterocycles. The third-order valence-corrected chi connectivity index (χ3v) is 2.89. The zero-order valence-electron chi connectivity index (χ0n) is 12.1. The molecule has 0 fully saturated rings. The lowest BCUT2D eigenvalue weighted by molar-refractivity contribution is -0.484. The number of hydrogen-bond acceptors (Lipinski definition) is 4. The molecular weight excluding hydrogens is 232 g/mol. The van der Waals surface area contributed by atoms with Gasteiger partial charge in [-0.1, -0.05) is 52.0 Å². The molecule has 4 nitrogen and oxygen atoms in total. The molecule has 0 amide bonds. The molecule has 0 aliphatic heterocycles. The van der Waals surface area contributed by atoms with Crippen molar-refractivity contribution in [3.8, 4) is 0 Å². The van der Waals surface area contributed by atoms with E-state index in [-0.39, 0.29) is 0 Å². The molecule has 0 spiro atoms. The lowest BCUT2D eigenvalue weighted by Crippen LogP contribution is -2.33. The van der Waals surface area contributed by atoms with Crippen LogP contribution in [0.1, 0.15) is 58.3 Å². The highest BCUT2D eigenvalue weighted by Crippen LogP contribution is 2.23. The van der Waals surface area contributed by atoms with Gasteiger partial charge in [-0.3, -0.25) is 0 Å². The van der Waals surface area contributed by atoms with E-state index in [1.54, 1.807) is 6.08 Å². The van der Waals surface area contributed by atoms with Crippen LogP contribution in [0.4, 0.5) is 0 Å². The Morgan fingerprint density at radius 1 is 0.889 bits per heavy atom. The maximum absolute atomic E-state index is 5.10. The Morgan fingerprint density at radius 3 is 1.83 bits per heavy atom. The summed E-state index contributed by atoms with van der Waals surface area (Å²) in [6.07, 6.45) is 10.9. The van der Waals surface area contributed by atoms with Crippen LogP contribution in [-0.4, -0.2) is 20.0 Å². The molecular formula is C14H28O4. The number of hydrogen-bond donors (Lipinski definition) is 0. The Balaban J connectivity index is 3.78. The van der Waals surface area contributed by atoms with Crippen molar-refractivity contribution in [3.63, 3.8) is 0 Å². The van der Waals surface area contributed by atoms with E-state index in [4.69, 9.17) is 9.78 Å². The van der Waals surface area contributed by atoms with Crippen molar-refractivity contribution in [2.45, 2.75) is 64.1 Å². The van der Waals surface area contributed by atoms with Gasteiger partial charge < -0.3 is 0 Å². The highest BCUT2D eigenvalue weighted by molar-refractivity contribution is 4.87. The second kappa shape index (κ2) is 11.7. The first kappa shape index (κ1) is 17.6. The van der Waals surface area contributed by atoms with Crippen molar-refractivity contribution in [3.05, 3.63) is 12.7 Å². The fraction of sp³-hybridized carbons (Fsp3) is 0.857. The van der Waals surface area contributed by atoms with Crippen molar-refractivity contribution in [2.75, 3.05) is 14.2 Å². The van der Waals surface area contributed by atoms with Crippen molar-refractivity contribution in [1.82, 2.24) is 0 Å². The zero-order valence-corrected chi connectivity index (χ0v) is 12.1. The van der Waals surface area contributed by atoms with E-state index >= 15 is 0 Å². The fourth-order valence-corrected chi connectivity index (χ4v) is 1.88. The fourth-order valence-electron chi connectivity index (χ4n) is 1.88. The molecule has 0 aromatic rings. The van der Waals surface area contributed by atoms with Crippen LogP contribution in [0.5, 0.6) is 0 Å². The van der Waals surface area contributed by atoms with E-state index in [0.717, 1.165) is 12.8 Å². The molecule has 0 radical (unpaired) electrons. The molecule has 0 heterocycles. The minimum Gasteiger partial charge on any atom is -0.237 e. The summed E-state index contributed by atoms with van der Waals surface area (Å²) in [5, 5.41) is 0. The molecule has 0 atom stereocenters. The summed E-state index contributed by atoms with van der Waals surface area (Å²) in [5.74, 6) is -0.993. The van der Waals surface area contributed by atoms with Gasteiger partial charge in [0.2, 0.25) is 0 Å². The Labute approximate surface area is 111 Å². The van der Waals surface area contributed by atoms with Crippen LogP contribution in [0.2, 0.25) is 0 Å². The van der Waals surface area contributed by atoms with Crippen LogP contribution >= 0.6 is 0 Å². The molecule has 0 bridgehead atoms. The normalized spacial score (nSPS) is 11.7. The van der Waals surface area contributed by atoms with Crippen LogP contribution in [0, 0.1) is 0 Å². The van der Waals surface area contributed by atoms with Gasteiger partial charge in [0.15, 0.2) is 0 Å². The second-order valence-electron chi connectivity index (χ2n) is 4.39. The number of rotatable bonds is 13. The molecule has 108 valence electrons. The molecule has 0 aromatic carbocycles. The molecule has 0 saturated carbocycles. The Bertz CT molecular complexity index is 188. The minimum atomic E-state index is -0.993. The van der Waals surface area contributed by atoms with Gasteiger partial charge in [-0.15, -0.1) is 0 Å². The Morgan fingerprint density at radius 2 is 1.39 bits per heavy atom. The first-order chi connectivity index (χ1) is 8.74. The standard InChI is InChI=1S/C14H28O4/c1-5-7-8-9-10-11-12-13-14(6-2,17-15-3)18-16-4/h6H,2,5,7-13H2,1,3-4H3. The first-order valence-electron chi connectivity index (χ1n) is 6.82. The van der Waals surface area contributed by atoms with Gasteiger partial charge in [-0.2, -0.15) is 9.78 Å². The summed E-state index contributed by atoms with van der Waals surface area (Å²) < 4.78 is 0. The minimum absolute atomic E-state index is 0.673. The summed E-state index contributed by atoms with van der Waals surface area (Å²) >= 11 is 0. The smallest absolute Gasteiger partial charge is 0.237 e. The van der Waals surface area contributed by atoms with Crippen LogP contribution in [0.25, 0.3) is 0 Å². The average molecular weight is 260 g/mol. The van der Waals surface area contributed by atoms with Crippen molar-refractivity contribution in [2.24, 2.45) is 0 Å². The van der Waals surface area contributed by atoms with Crippen LogP contribution in [-0.2, 0) is 19.6 Å². The molecule has 0 unspecified atom stereocenters. The largest absolute Gasteiger partial charge is 0.251 e. The summed E-state index contributed by atoms with van der Waals surface area (Å²) in [7, 11) is 2.89. The van der Waals surface area contributed by atoms with E-state index in [1.807, 2.05) is 0 Å². The SMILES string of the molecule is C=CC(CCCCCCCCC)(OOC)OOC. The van der Waals surface area contributed by atoms with Crippen LogP contribution in [0.15, 0.2) is 12.7 Å². The van der Waals surface area contributed by atoms with Crippen LogP contribution < -0.4 is 0 Å². The first-order valence-corrected chi connectivity index (χ1v) is 6.82. The molecule has 0 rings (SSSR count). The van der Waals surface area contributed by atoms with Crippen molar-refractivity contribution < 1.29 is 19.6 Å². The third kappa shape index (κ3) is 7.82. The van der Waals surface area contributed by atoms with Crippen molar-refractivity contribution in [1.29, 1.82) is 0 Å². The van der Waals surface area contributed by atoms with Gasteiger partial charge in [-0.05, 0) is 12.5 Å².